The molecule has 0 amide bonds. The van der Waals surface area contributed by atoms with Crippen molar-refractivity contribution in [1.29, 1.82) is 0 Å². The summed E-state index contributed by atoms with van der Waals surface area (Å²) in [4.78, 5) is 73.1. The summed E-state index contributed by atoms with van der Waals surface area (Å²) < 4.78 is 68.8. The van der Waals surface area contributed by atoms with Crippen LogP contribution in [0.15, 0.2) is 24.3 Å². The van der Waals surface area contributed by atoms with Crippen molar-refractivity contribution in [2.24, 2.45) is 5.92 Å². The molecule has 0 saturated carbocycles. The van der Waals surface area contributed by atoms with Gasteiger partial charge in [0.2, 0.25) is 0 Å². The van der Waals surface area contributed by atoms with Crippen molar-refractivity contribution < 1.29 is 80.2 Å². The standard InChI is InChI=1S/C87H166O17P2/c1-6-9-12-15-18-21-24-27-30-32-34-36-37-39-41-44-47-50-53-56-63-68-72-86(91)103-82(76-97-84(89)70-65-60-54-51-48-45-43-40-38-35-33-31-28-25-22-19-16-13-10-7-2)78-101-105(93,94)99-74-81(88)75-100-106(95,96)102-79-83(77-98-85(90)71-66-61-58-57-59-64-69-80(4)5)104-87(92)73-67-62-55-52-49-46-42-29-26-23-20-17-14-11-8-3/h23,26,29,42,80-83,88H,6-22,24-25,27-28,30-41,43-79H2,1-5H3,(H,93,94)(H,95,96)/b26-23-,42-29-/t81-,82-,83-/m1/s1. The maximum absolute atomic E-state index is 13.1. The number of phosphoric acid groups is 2. The predicted molar refractivity (Wildman–Crippen MR) is 437 cm³/mol. The van der Waals surface area contributed by atoms with Crippen LogP contribution in [0, 0.1) is 5.92 Å². The van der Waals surface area contributed by atoms with Crippen LogP contribution in [0.5, 0.6) is 0 Å². The van der Waals surface area contributed by atoms with Gasteiger partial charge in [0, 0.05) is 25.7 Å². The molecule has 0 aromatic rings. The number of rotatable bonds is 85. The van der Waals surface area contributed by atoms with Crippen molar-refractivity contribution in [1.82, 2.24) is 0 Å². The molecule has 0 fully saturated rings. The van der Waals surface area contributed by atoms with E-state index in [-0.39, 0.29) is 25.7 Å². The van der Waals surface area contributed by atoms with Gasteiger partial charge in [0.1, 0.15) is 19.3 Å². The van der Waals surface area contributed by atoms with Crippen LogP contribution in [-0.4, -0.2) is 96.7 Å². The maximum Gasteiger partial charge on any atom is 0.472 e. The Bertz CT molecular complexity index is 2110. The first-order chi connectivity index (χ1) is 51.5. The van der Waals surface area contributed by atoms with Crippen LogP contribution in [0.25, 0.3) is 0 Å². The quantitative estimate of drug-likeness (QED) is 0.0169. The topological polar surface area (TPSA) is 237 Å². The first-order valence-electron chi connectivity index (χ1n) is 44.5. The Hall–Kier alpha value is -2.46. The Morgan fingerprint density at radius 1 is 0.292 bits per heavy atom. The molecule has 626 valence electrons. The summed E-state index contributed by atoms with van der Waals surface area (Å²) in [6, 6.07) is 0. The van der Waals surface area contributed by atoms with Gasteiger partial charge in [-0.3, -0.25) is 37.3 Å². The first-order valence-corrected chi connectivity index (χ1v) is 47.4. The van der Waals surface area contributed by atoms with Crippen LogP contribution in [0.2, 0.25) is 0 Å². The van der Waals surface area contributed by atoms with E-state index in [1.54, 1.807) is 0 Å². The number of allylic oxidation sites excluding steroid dienone is 4. The average Bonchev–Trinajstić information content (AvgIpc) is 0.903. The largest absolute Gasteiger partial charge is 0.472 e. The zero-order valence-corrected chi connectivity index (χ0v) is 70.9. The zero-order chi connectivity index (χ0) is 77.6. The Morgan fingerprint density at radius 3 is 0.774 bits per heavy atom. The van der Waals surface area contributed by atoms with Gasteiger partial charge in [0.15, 0.2) is 12.2 Å². The number of aliphatic hydroxyl groups is 1. The molecule has 3 N–H and O–H groups in total. The van der Waals surface area contributed by atoms with Crippen LogP contribution in [0.1, 0.15) is 446 Å². The molecule has 106 heavy (non-hydrogen) atoms. The van der Waals surface area contributed by atoms with E-state index in [1.807, 2.05) is 0 Å². The molecule has 0 aromatic carbocycles. The Labute approximate surface area is 650 Å². The molecule has 0 aliphatic carbocycles. The number of hydrogen-bond donors (Lipinski definition) is 3. The smallest absolute Gasteiger partial charge is 0.462 e. The number of carbonyl (C=O) groups excluding carboxylic acids is 4. The van der Waals surface area contributed by atoms with Gasteiger partial charge in [-0.1, -0.05) is 393 Å². The molecular formula is C87H166O17P2. The van der Waals surface area contributed by atoms with E-state index in [0.717, 1.165) is 109 Å². The summed E-state index contributed by atoms with van der Waals surface area (Å²) in [5.41, 5.74) is 0. The second-order valence-electron chi connectivity index (χ2n) is 31.1. The monoisotopic (exact) mass is 1550 g/mol. The van der Waals surface area contributed by atoms with Crippen molar-refractivity contribution in [3.8, 4) is 0 Å². The van der Waals surface area contributed by atoms with Gasteiger partial charge < -0.3 is 33.8 Å². The second kappa shape index (κ2) is 79.2. The minimum Gasteiger partial charge on any atom is -0.462 e. The molecule has 2 unspecified atom stereocenters. The van der Waals surface area contributed by atoms with Gasteiger partial charge >= 0.3 is 39.5 Å². The fraction of sp³-hybridized carbons (Fsp3) is 0.908. The summed E-state index contributed by atoms with van der Waals surface area (Å²) >= 11 is 0. The summed E-state index contributed by atoms with van der Waals surface area (Å²) in [6.07, 6.45) is 76.2. The lowest BCUT2D eigenvalue weighted by molar-refractivity contribution is -0.161. The molecule has 0 rings (SSSR count). The van der Waals surface area contributed by atoms with Crippen LogP contribution >= 0.6 is 15.6 Å². The fourth-order valence-electron chi connectivity index (χ4n) is 13.1. The number of esters is 4. The van der Waals surface area contributed by atoms with Gasteiger partial charge in [0.25, 0.3) is 0 Å². The van der Waals surface area contributed by atoms with E-state index in [0.29, 0.717) is 31.6 Å². The third-order valence-corrected chi connectivity index (χ3v) is 21.8. The third-order valence-electron chi connectivity index (χ3n) is 19.9. The minimum atomic E-state index is -4.97. The van der Waals surface area contributed by atoms with E-state index in [9.17, 15) is 43.2 Å². The molecule has 0 aliphatic heterocycles. The normalized spacial score (nSPS) is 13.9. The van der Waals surface area contributed by atoms with Gasteiger partial charge in [-0.15, -0.1) is 0 Å². The molecule has 0 aliphatic rings. The highest BCUT2D eigenvalue weighted by Crippen LogP contribution is 2.45. The van der Waals surface area contributed by atoms with Gasteiger partial charge in [-0.2, -0.15) is 0 Å². The summed E-state index contributed by atoms with van der Waals surface area (Å²) in [7, 11) is -9.94. The molecule has 0 heterocycles. The van der Waals surface area contributed by atoms with Gasteiger partial charge in [-0.25, -0.2) is 9.13 Å². The molecular weight excluding hydrogens is 1380 g/mol. The van der Waals surface area contributed by atoms with Crippen molar-refractivity contribution in [2.75, 3.05) is 39.6 Å². The molecule has 0 aromatic heterocycles. The lowest BCUT2D eigenvalue weighted by atomic mass is 10.0. The average molecular weight is 1550 g/mol. The second-order valence-corrected chi connectivity index (χ2v) is 34.0. The van der Waals surface area contributed by atoms with E-state index < -0.39 is 97.5 Å². The number of unbranched alkanes of at least 4 members (excludes halogenated alkanes) is 54. The lowest BCUT2D eigenvalue weighted by Gasteiger charge is -2.21. The Balaban J connectivity index is 5.22. The maximum atomic E-state index is 13.1. The molecule has 5 atom stereocenters. The summed E-state index contributed by atoms with van der Waals surface area (Å²) in [6.45, 7) is 7.20. The van der Waals surface area contributed by atoms with Crippen LogP contribution < -0.4 is 0 Å². The number of phosphoric ester groups is 2. The Kier molecular flexibility index (Phi) is 77.4. The molecule has 0 bridgehead atoms. The highest BCUT2D eigenvalue weighted by atomic mass is 31.2. The van der Waals surface area contributed by atoms with Crippen molar-refractivity contribution in [3.05, 3.63) is 24.3 Å². The zero-order valence-electron chi connectivity index (χ0n) is 69.1. The van der Waals surface area contributed by atoms with Crippen LogP contribution in [0.3, 0.4) is 0 Å². The van der Waals surface area contributed by atoms with Crippen molar-refractivity contribution in [2.45, 2.75) is 464 Å². The first kappa shape index (κ1) is 104. The lowest BCUT2D eigenvalue weighted by Crippen LogP contribution is -2.30. The number of aliphatic hydroxyl groups excluding tert-OH is 1. The van der Waals surface area contributed by atoms with E-state index in [4.69, 9.17) is 37.0 Å². The van der Waals surface area contributed by atoms with Crippen LogP contribution in [0.4, 0.5) is 0 Å². The summed E-state index contributed by atoms with van der Waals surface area (Å²) in [5.74, 6) is -1.46. The van der Waals surface area contributed by atoms with Crippen LogP contribution in [-0.2, 0) is 65.4 Å². The number of hydrogen-bond acceptors (Lipinski definition) is 15. The molecule has 0 saturated heterocycles. The van der Waals surface area contributed by atoms with Crippen molar-refractivity contribution >= 4 is 39.5 Å². The number of carbonyl (C=O) groups is 4. The molecule has 0 spiro atoms. The Morgan fingerprint density at radius 2 is 0.509 bits per heavy atom. The number of ether oxygens (including phenoxy) is 4. The summed E-state index contributed by atoms with van der Waals surface area (Å²) in [5, 5.41) is 10.7. The van der Waals surface area contributed by atoms with Gasteiger partial charge in [-0.05, 0) is 57.3 Å². The highest BCUT2D eigenvalue weighted by Gasteiger charge is 2.30. The molecule has 17 nitrogen and oxygen atoms in total. The fourth-order valence-corrected chi connectivity index (χ4v) is 14.7. The third kappa shape index (κ3) is 79.6. The SMILES string of the molecule is CCCCCC/C=C\C=C/CCCCCCCC(=O)O[C@H](COC(=O)CCCCCCCCC(C)C)COP(=O)(O)OC[C@H](O)COP(=O)(O)OC[C@@H](COC(=O)CCCCCCCCCCCCCCCCCCCCCC)OC(=O)CCCCCCCCCCCCCCCCCCCCCCCC. The van der Waals surface area contributed by atoms with E-state index >= 15 is 0 Å². The van der Waals surface area contributed by atoms with Gasteiger partial charge in [0.05, 0.1) is 26.4 Å². The molecule has 0 radical (unpaired) electrons. The van der Waals surface area contributed by atoms with Crippen molar-refractivity contribution in [3.63, 3.8) is 0 Å². The minimum absolute atomic E-state index is 0.0845. The van der Waals surface area contributed by atoms with E-state index in [2.05, 4.69) is 58.9 Å². The van der Waals surface area contributed by atoms with E-state index in [1.165, 1.54) is 250 Å². The molecule has 19 heteroatoms. The highest BCUT2D eigenvalue weighted by molar-refractivity contribution is 7.47. The predicted octanol–water partition coefficient (Wildman–Crippen LogP) is 26.3.